The first kappa shape index (κ1) is 15.4. The topological polar surface area (TPSA) is 53.6 Å². The molecule has 1 aliphatic rings. The molecular weight excluding hydrogens is 230 g/mol. The summed E-state index contributed by atoms with van der Waals surface area (Å²) in [5.74, 6) is 0.576. The first-order chi connectivity index (χ1) is 8.65. The summed E-state index contributed by atoms with van der Waals surface area (Å²) in [6.07, 6.45) is 2.31. The van der Waals surface area contributed by atoms with Gasteiger partial charge in [-0.15, -0.1) is 0 Å². The van der Waals surface area contributed by atoms with Crippen LogP contribution in [0.3, 0.4) is 0 Å². The molecule has 0 aromatic carbocycles. The number of ether oxygens (including phenoxy) is 1. The summed E-state index contributed by atoms with van der Waals surface area (Å²) >= 11 is 0. The third-order valence-corrected chi connectivity index (χ3v) is 3.52. The Kier molecular flexibility index (Phi) is 7.23. The molecule has 106 valence electrons. The number of amides is 1. The number of nitrogens with zero attached hydrogens (tertiary/aromatic N) is 1. The average Bonchev–Trinajstić information content (AvgIpc) is 2.36. The largest absolute Gasteiger partial charge is 0.383 e. The lowest BCUT2D eigenvalue weighted by atomic mass is 9.92. The van der Waals surface area contributed by atoms with Crippen LogP contribution in [0.15, 0.2) is 0 Å². The van der Waals surface area contributed by atoms with Gasteiger partial charge in [-0.1, -0.05) is 6.92 Å². The van der Waals surface area contributed by atoms with E-state index < -0.39 is 0 Å². The highest BCUT2D eigenvalue weighted by atomic mass is 16.5. The van der Waals surface area contributed by atoms with Crippen molar-refractivity contribution in [2.75, 3.05) is 46.9 Å². The molecule has 5 heteroatoms. The molecule has 1 heterocycles. The van der Waals surface area contributed by atoms with E-state index in [9.17, 15) is 4.79 Å². The van der Waals surface area contributed by atoms with E-state index >= 15 is 0 Å². The molecule has 5 nitrogen and oxygen atoms in total. The van der Waals surface area contributed by atoms with Crippen molar-refractivity contribution in [1.82, 2.24) is 15.5 Å². The smallest absolute Gasteiger partial charge is 0.237 e. The van der Waals surface area contributed by atoms with Crippen LogP contribution in [0.25, 0.3) is 0 Å². The molecule has 0 aliphatic carbocycles. The number of nitrogens with one attached hydrogen (secondary N) is 2. The summed E-state index contributed by atoms with van der Waals surface area (Å²) in [5.41, 5.74) is 0. The minimum Gasteiger partial charge on any atom is -0.383 e. The van der Waals surface area contributed by atoms with Crippen LogP contribution in [0.1, 0.15) is 19.8 Å². The third kappa shape index (κ3) is 5.33. The second-order valence-corrected chi connectivity index (χ2v) is 5.14. The highest BCUT2D eigenvalue weighted by Crippen LogP contribution is 2.15. The van der Waals surface area contributed by atoms with E-state index in [1.165, 1.54) is 6.42 Å². The summed E-state index contributed by atoms with van der Waals surface area (Å²) in [5, 5.41) is 6.30. The van der Waals surface area contributed by atoms with E-state index in [1.807, 2.05) is 7.05 Å². The SMILES string of the molecule is COCCN(C)CCNC(=O)C1NCCCC1C. The van der Waals surface area contributed by atoms with Crippen molar-refractivity contribution in [3.05, 3.63) is 0 Å². The zero-order valence-electron chi connectivity index (χ0n) is 11.9. The quantitative estimate of drug-likeness (QED) is 0.678. The lowest BCUT2D eigenvalue weighted by Gasteiger charge is -2.29. The number of methoxy groups -OCH3 is 1. The molecule has 1 amide bonds. The normalized spacial score (nSPS) is 24.2. The van der Waals surface area contributed by atoms with Gasteiger partial charge in [0.05, 0.1) is 12.6 Å². The Balaban J connectivity index is 2.16. The van der Waals surface area contributed by atoms with Crippen LogP contribution in [-0.2, 0) is 9.53 Å². The van der Waals surface area contributed by atoms with E-state index in [-0.39, 0.29) is 11.9 Å². The van der Waals surface area contributed by atoms with Gasteiger partial charge in [-0.3, -0.25) is 4.79 Å². The molecule has 0 aromatic heterocycles. The fourth-order valence-corrected chi connectivity index (χ4v) is 2.24. The van der Waals surface area contributed by atoms with Crippen molar-refractivity contribution in [1.29, 1.82) is 0 Å². The number of hydrogen-bond acceptors (Lipinski definition) is 4. The fourth-order valence-electron chi connectivity index (χ4n) is 2.24. The molecule has 1 saturated heterocycles. The van der Waals surface area contributed by atoms with Crippen molar-refractivity contribution in [3.63, 3.8) is 0 Å². The monoisotopic (exact) mass is 257 g/mol. The van der Waals surface area contributed by atoms with Crippen molar-refractivity contribution in [3.8, 4) is 0 Å². The van der Waals surface area contributed by atoms with Crippen LogP contribution in [0, 0.1) is 5.92 Å². The van der Waals surface area contributed by atoms with Gasteiger partial charge in [0.1, 0.15) is 0 Å². The van der Waals surface area contributed by atoms with Crippen LogP contribution < -0.4 is 10.6 Å². The molecule has 0 radical (unpaired) electrons. The Morgan fingerprint density at radius 1 is 1.50 bits per heavy atom. The molecule has 1 aliphatic heterocycles. The number of rotatable bonds is 7. The Morgan fingerprint density at radius 2 is 2.28 bits per heavy atom. The number of likely N-dealkylation sites (N-methyl/N-ethyl adjacent to an activating group) is 1. The molecule has 1 rings (SSSR count). The molecule has 0 aromatic rings. The van der Waals surface area contributed by atoms with Crippen molar-refractivity contribution in [2.24, 2.45) is 5.92 Å². The number of piperidine rings is 1. The standard InChI is InChI=1S/C13H27N3O2/c1-11-5-4-6-14-12(11)13(17)15-7-8-16(2)9-10-18-3/h11-12,14H,4-10H2,1-3H3,(H,15,17). The summed E-state index contributed by atoms with van der Waals surface area (Å²) in [4.78, 5) is 14.1. The van der Waals surface area contributed by atoms with E-state index in [0.29, 0.717) is 12.5 Å². The van der Waals surface area contributed by atoms with Crippen LogP contribution in [0.5, 0.6) is 0 Å². The Labute approximate surface area is 110 Å². The molecule has 2 atom stereocenters. The van der Waals surface area contributed by atoms with Crippen LogP contribution >= 0.6 is 0 Å². The van der Waals surface area contributed by atoms with E-state index in [4.69, 9.17) is 4.74 Å². The maximum absolute atomic E-state index is 12.0. The second kappa shape index (κ2) is 8.45. The van der Waals surface area contributed by atoms with Gasteiger partial charge in [-0.2, -0.15) is 0 Å². The summed E-state index contributed by atoms with van der Waals surface area (Å²) in [7, 11) is 3.73. The van der Waals surface area contributed by atoms with Gasteiger partial charge < -0.3 is 20.3 Å². The van der Waals surface area contributed by atoms with Gasteiger partial charge in [0.2, 0.25) is 5.91 Å². The lowest BCUT2D eigenvalue weighted by molar-refractivity contribution is -0.124. The molecule has 1 fully saturated rings. The maximum atomic E-state index is 12.0. The summed E-state index contributed by atoms with van der Waals surface area (Å²) in [6.45, 7) is 6.27. The van der Waals surface area contributed by atoms with Crippen LogP contribution in [0.2, 0.25) is 0 Å². The van der Waals surface area contributed by atoms with Gasteiger partial charge in [-0.05, 0) is 32.4 Å². The molecule has 0 bridgehead atoms. The van der Waals surface area contributed by atoms with Crippen molar-refractivity contribution < 1.29 is 9.53 Å². The predicted octanol–water partition coefficient (Wildman–Crippen LogP) is 0.0689. The molecule has 0 saturated carbocycles. The zero-order chi connectivity index (χ0) is 13.4. The van der Waals surface area contributed by atoms with Gasteiger partial charge in [0.25, 0.3) is 0 Å². The highest BCUT2D eigenvalue weighted by molar-refractivity contribution is 5.82. The molecule has 2 N–H and O–H groups in total. The molecule has 0 spiro atoms. The van der Waals surface area contributed by atoms with Gasteiger partial charge >= 0.3 is 0 Å². The maximum Gasteiger partial charge on any atom is 0.237 e. The second-order valence-electron chi connectivity index (χ2n) is 5.14. The Morgan fingerprint density at radius 3 is 2.94 bits per heavy atom. The Bertz CT molecular complexity index is 248. The van der Waals surface area contributed by atoms with Crippen LogP contribution in [0.4, 0.5) is 0 Å². The Hall–Kier alpha value is -0.650. The van der Waals surface area contributed by atoms with Crippen molar-refractivity contribution in [2.45, 2.75) is 25.8 Å². The summed E-state index contributed by atoms with van der Waals surface area (Å²) in [6, 6.07) is -0.0111. The van der Waals surface area contributed by atoms with E-state index in [1.54, 1.807) is 7.11 Å². The summed E-state index contributed by atoms with van der Waals surface area (Å²) < 4.78 is 5.01. The van der Waals surface area contributed by atoms with Gasteiger partial charge in [0.15, 0.2) is 0 Å². The van der Waals surface area contributed by atoms with Crippen molar-refractivity contribution >= 4 is 5.91 Å². The van der Waals surface area contributed by atoms with E-state index in [2.05, 4.69) is 22.5 Å². The first-order valence-corrected chi connectivity index (χ1v) is 6.83. The lowest BCUT2D eigenvalue weighted by Crippen LogP contribution is -2.51. The minimum absolute atomic E-state index is 0.0111. The van der Waals surface area contributed by atoms with Gasteiger partial charge in [-0.25, -0.2) is 0 Å². The number of carbonyl (C=O) groups excluding carboxylic acids is 1. The first-order valence-electron chi connectivity index (χ1n) is 6.83. The third-order valence-electron chi connectivity index (χ3n) is 3.52. The average molecular weight is 257 g/mol. The number of hydrogen-bond donors (Lipinski definition) is 2. The predicted molar refractivity (Wildman–Crippen MR) is 72.6 cm³/mol. The molecule has 18 heavy (non-hydrogen) atoms. The zero-order valence-corrected chi connectivity index (χ0v) is 11.9. The highest BCUT2D eigenvalue weighted by Gasteiger charge is 2.26. The van der Waals surface area contributed by atoms with E-state index in [0.717, 1.165) is 32.7 Å². The van der Waals surface area contributed by atoms with Gasteiger partial charge in [0, 0.05) is 26.7 Å². The molecule has 2 unspecified atom stereocenters. The molecular formula is C13H27N3O2. The fraction of sp³-hybridized carbons (Fsp3) is 0.923. The minimum atomic E-state index is -0.0111. The number of carbonyl (C=O) groups is 1. The van der Waals surface area contributed by atoms with Crippen LogP contribution in [-0.4, -0.2) is 63.8 Å².